The Morgan fingerprint density at radius 3 is 2.35 bits per heavy atom. The third-order valence-electron chi connectivity index (χ3n) is 3.02. The molecular weight excluding hydrogens is 348 g/mol. The molecule has 0 radical (unpaired) electrons. The van der Waals surface area contributed by atoms with Crippen molar-refractivity contribution in [3.63, 3.8) is 0 Å². The van der Waals surface area contributed by atoms with Gasteiger partial charge in [-0.15, -0.1) is 18.0 Å². The monoisotopic (exact) mass is 362 g/mol. The molecule has 2 rings (SSSR count). The van der Waals surface area contributed by atoms with Gasteiger partial charge in [0.2, 0.25) is 0 Å². The maximum absolute atomic E-state index is 14.3. The Morgan fingerprint density at radius 1 is 1.13 bits per heavy atom. The van der Waals surface area contributed by atoms with Gasteiger partial charge in [-0.3, -0.25) is 0 Å². The van der Waals surface area contributed by atoms with E-state index in [-0.39, 0.29) is 46.7 Å². The van der Waals surface area contributed by atoms with Gasteiger partial charge in [0.1, 0.15) is 6.57 Å². The summed E-state index contributed by atoms with van der Waals surface area (Å²) in [5.41, 5.74) is -3.15. The summed E-state index contributed by atoms with van der Waals surface area (Å²) in [6, 6.07) is 14.4. The Kier molecular flexibility index (Phi) is 7.72. The fraction of sp³-hybridized carbons (Fsp3) is 0.125. The zero-order valence-electron chi connectivity index (χ0n) is 12.6. The van der Waals surface area contributed by atoms with Crippen LogP contribution in [0.5, 0.6) is 0 Å². The fourth-order valence-corrected chi connectivity index (χ4v) is 4.53. The van der Waals surface area contributed by atoms with Crippen molar-refractivity contribution >= 4 is 18.0 Å². The Bertz CT molecular complexity index is 710. The first-order chi connectivity index (χ1) is 10.4. The van der Waals surface area contributed by atoms with Crippen LogP contribution in [0.2, 0.25) is 0 Å². The summed E-state index contributed by atoms with van der Waals surface area (Å²) in [4.78, 5) is 11.9. The van der Waals surface area contributed by atoms with Gasteiger partial charge in [-0.25, -0.2) is 0 Å². The predicted molar refractivity (Wildman–Crippen MR) is 86.0 cm³/mol. The molecule has 0 saturated heterocycles. The van der Waals surface area contributed by atoms with E-state index >= 15 is 0 Å². The van der Waals surface area contributed by atoms with Crippen molar-refractivity contribution in [3.05, 3.63) is 72.8 Å². The molecule has 1 atom stereocenters. The molecule has 2 nitrogen and oxygen atoms in total. The summed E-state index contributed by atoms with van der Waals surface area (Å²) >= 11 is 0.214. The number of hydrogen-bond donors (Lipinski definition) is 0. The molecule has 7 heteroatoms. The van der Waals surface area contributed by atoms with E-state index in [0.29, 0.717) is 5.56 Å². The molecule has 1 unspecified atom stereocenters. The molecule has 0 aromatic heterocycles. The van der Waals surface area contributed by atoms with Crippen LogP contribution in [-0.4, -0.2) is 5.75 Å². The van der Waals surface area contributed by atoms with Gasteiger partial charge in [0.25, 0.3) is 0 Å². The van der Waals surface area contributed by atoms with Crippen LogP contribution < -0.4 is 34.5 Å². The molecule has 0 spiro atoms. The Balaban J connectivity index is 0.00000264. The standard InChI is InChI=1S/C16H15F2O2PS.Na/c1-2-11-22-21(19,20)16(17,18)15-10-6-9-14(12-15)13-7-4-3-5-8-13;/h2-10,12H,1,11H2,(H,19,20);/q;+1/p-1. The van der Waals surface area contributed by atoms with Crippen LogP contribution in [0, 0.1) is 0 Å². The zero-order valence-corrected chi connectivity index (χ0v) is 16.3. The second-order valence-corrected chi connectivity index (χ2v) is 8.93. The Hall–Kier alpha value is -0.420. The van der Waals surface area contributed by atoms with E-state index in [1.165, 1.54) is 18.2 Å². The first-order valence-electron chi connectivity index (χ1n) is 6.49. The quantitative estimate of drug-likeness (QED) is 0.448. The van der Waals surface area contributed by atoms with Gasteiger partial charge in [0.15, 0.2) is 0 Å². The van der Waals surface area contributed by atoms with E-state index < -0.39 is 17.8 Å². The number of alkyl halides is 2. The zero-order chi connectivity index (χ0) is 16.2. The first-order valence-corrected chi connectivity index (χ1v) is 9.70. The maximum atomic E-state index is 14.3. The molecule has 0 saturated carbocycles. The van der Waals surface area contributed by atoms with Crippen molar-refractivity contribution in [2.45, 2.75) is 5.66 Å². The molecule has 0 amide bonds. The van der Waals surface area contributed by atoms with Crippen LogP contribution >= 0.6 is 18.0 Å². The van der Waals surface area contributed by atoms with E-state index in [9.17, 15) is 18.2 Å². The van der Waals surface area contributed by atoms with Crippen molar-refractivity contribution in [3.8, 4) is 11.1 Å². The molecule has 0 fully saturated rings. The van der Waals surface area contributed by atoms with Gasteiger partial charge in [0.05, 0.1) is 0 Å². The molecule has 0 bridgehead atoms. The van der Waals surface area contributed by atoms with E-state index in [1.807, 2.05) is 6.07 Å². The third kappa shape index (κ3) is 4.79. The molecule has 0 aliphatic rings. The minimum absolute atomic E-state index is 0. The Labute approximate surface area is 160 Å². The second-order valence-electron chi connectivity index (χ2n) is 4.57. The summed E-state index contributed by atoms with van der Waals surface area (Å²) in [6.45, 7) is -1.64. The second kappa shape index (κ2) is 8.61. The van der Waals surface area contributed by atoms with Gasteiger partial charge < -0.3 is 9.46 Å². The van der Waals surface area contributed by atoms with E-state index in [2.05, 4.69) is 6.58 Å². The van der Waals surface area contributed by atoms with Crippen LogP contribution in [0.25, 0.3) is 11.1 Å². The molecule has 2 aromatic rings. The van der Waals surface area contributed by atoms with E-state index in [4.69, 9.17) is 0 Å². The van der Waals surface area contributed by atoms with Crippen LogP contribution in [0.15, 0.2) is 67.3 Å². The number of halogens is 2. The molecule has 0 heterocycles. The van der Waals surface area contributed by atoms with Gasteiger partial charge in [-0.2, -0.15) is 8.78 Å². The molecule has 0 aliphatic carbocycles. The minimum atomic E-state index is -4.98. The van der Waals surface area contributed by atoms with Crippen LogP contribution in [0.4, 0.5) is 8.78 Å². The molecule has 2 aromatic carbocycles. The van der Waals surface area contributed by atoms with Crippen molar-refractivity contribution < 1.29 is 47.8 Å². The normalized spacial score (nSPS) is 13.7. The average Bonchev–Trinajstić information content (AvgIpc) is 2.54. The molecular formula is C16H14F2NaO2PS. The Morgan fingerprint density at radius 2 is 1.74 bits per heavy atom. The maximum Gasteiger partial charge on any atom is 1.00 e. The third-order valence-corrected chi connectivity index (χ3v) is 6.85. The molecule has 0 N–H and O–H groups in total. The van der Waals surface area contributed by atoms with Crippen molar-refractivity contribution in [1.82, 2.24) is 0 Å². The topological polar surface area (TPSA) is 40.1 Å². The van der Waals surface area contributed by atoms with E-state index in [1.54, 1.807) is 30.3 Å². The summed E-state index contributed by atoms with van der Waals surface area (Å²) in [6.07, 6.45) is 1.28. The van der Waals surface area contributed by atoms with E-state index in [0.717, 1.165) is 11.6 Å². The largest absolute Gasteiger partial charge is 1.00 e. The van der Waals surface area contributed by atoms with Crippen LogP contribution in [0.3, 0.4) is 0 Å². The predicted octanol–water partition coefficient (Wildman–Crippen LogP) is 1.88. The van der Waals surface area contributed by atoms with Crippen LogP contribution in [0.1, 0.15) is 5.56 Å². The number of rotatable bonds is 6. The summed E-state index contributed by atoms with van der Waals surface area (Å²) in [5.74, 6) is -0.0747. The number of benzene rings is 2. The van der Waals surface area contributed by atoms with Gasteiger partial charge in [0, 0.05) is 11.3 Å². The van der Waals surface area contributed by atoms with Gasteiger partial charge in [-0.05, 0) is 17.2 Å². The summed E-state index contributed by atoms with van der Waals surface area (Å²) < 4.78 is 40.5. The molecule has 0 aliphatic heterocycles. The summed E-state index contributed by atoms with van der Waals surface area (Å²) in [7, 11) is 0. The van der Waals surface area contributed by atoms with Crippen molar-refractivity contribution in [2.75, 3.05) is 5.75 Å². The number of hydrogen-bond acceptors (Lipinski definition) is 3. The smallest absolute Gasteiger partial charge is 0.787 e. The van der Waals surface area contributed by atoms with Crippen LogP contribution in [-0.2, 0) is 10.2 Å². The first kappa shape index (κ1) is 20.6. The van der Waals surface area contributed by atoms with Crippen molar-refractivity contribution in [1.29, 1.82) is 0 Å². The minimum Gasteiger partial charge on any atom is -0.787 e. The molecule has 23 heavy (non-hydrogen) atoms. The summed E-state index contributed by atoms with van der Waals surface area (Å²) in [5, 5.41) is 0. The average molecular weight is 362 g/mol. The fourth-order valence-electron chi connectivity index (χ4n) is 1.91. The molecule has 116 valence electrons. The van der Waals surface area contributed by atoms with Gasteiger partial charge >= 0.3 is 35.2 Å². The van der Waals surface area contributed by atoms with Gasteiger partial charge in [-0.1, -0.05) is 54.6 Å². The SMILES string of the molecule is C=CCSP(=O)([O-])C(F)(F)c1cccc(-c2ccccc2)c1.[Na+]. The van der Waals surface area contributed by atoms with Crippen molar-refractivity contribution in [2.24, 2.45) is 0 Å².